The lowest BCUT2D eigenvalue weighted by molar-refractivity contribution is -0.118. The molecule has 1 aromatic carbocycles. The quantitative estimate of drug-likeness (QED) is 0.938. The topological polar surface area (TPSA) is 75.3 Å². The lowest BCUT2D eigenvalue weighted by Gasteiger charge is -2.08. The van der Waals surface area contributed by atoms with Crippen molar-refractivity contribution in [1.29, 1.82) is 5.26 Å². The van der Waals surface area contributed by atoms with Gasteiger partial charge in [0.05, 0.1) is 0 Å². The summed E-state index contributed by atoms with van der Waals surface area (Å²) in [6.45, 7) is 7.37. The first-order valence-corrected chi connectivity index (χ1v) is 6.92. The summed E-state index contributed by atoms with van der Waals surface area (Å²) in [4.78, 5) is 11.9. The van der Waals surface area contributed by atoms with Gasteiger partial charge in [-0.15, -0.1) is 0 Å². The zero-order valence-electron chi connectivity index (χ0n) is 13.1. The van der Waals surface area contributed by atoms with Crippen LogP contribution in [0, 0.1) is 39.0 Å². The van der Waals surface area contributed by atoms with Gasteiger partial charge in [0, 0.05) is 5.56 Å². The van der Waals surface area contributed by atoms with E-state index < -0.39 is 0 Å². The van der Waals surface area contributed by atoms with E-state index in [-0.39, 0.29) is 18.4 Å². The summed E-state index contributed by atoms with van der Waals surface area (Å²) >= 11 is 0. The fourth-order valence-corrected chi connectivity index (χ4v) is 1.96. The van der Waals surface area contributed by atoms with Crippen molar-refractivity contribution < 1.29 is 13.9 Å². The first-order chi connectivity index (χ1) is 10.4. The van der Waals surface area contributed by atoms with Crippen LogP contribution in [0.25, 0.3) is 0 Å². The van der Waals surface area contributed by atoms with Gasteiger partial charge in [-0.2, -0.15) is 5.26 Å². The fourth-order valence-electron chi connectivity index (χ4n) is 1.96. The van der Waals surface area contributed by atoms with Crippen LogP contribution in [0.3, 0.4) is 0 Å². The normalized spacial score (nSPS) is 10.1. The molecular weight excluding hydrogens is 280 g/mol. The van der Waals surface area contributed by atoms with Crippen LogP contribution in [0.15, 0.2) is 22.6 Å². The Morgan fingerprint density at radius 3 is 2.64 bits per heavy atom. The number of anilines is 1. The lowest BCUT2D eigenvalue weighted by Crippen LogP contribution is -2.20. The second-order valence-corrected chi connectivity index (χ2v) is 5.18. The maximum Gasteiger partial charge on any atom is 0.264 e. The standard InChI is InChI=1S/C17H18N2O3/c1-10-5-6-14(7-11(10)2)21-9-16(20)19-17-15(8-18)12(3)13(4)22-17/h5-7H,9H2,1-4H3,(H,19,20). The molecule has 22 heavy (non-hydrogen) atoms. The Kier molecular flexibility index (Phi) is 4.52. The molecule has 2 rings (SSSR count). The first-order valence-electron chi connectivity index (χ1n) is 6.92. The van der Waals surface area contributed by atoms with E-state index in [0.29, 0.717) is 17.1 Å². The van der Waals surface area contributed by atoms with Gasteiger partial charge in [-0.1, -0.05) is 6.07 Å². The average molecular weight is 298 g/mol. The van der Waals surface area contributed by atoms with E-state index in [1.54, 1.807) is 13.8 Å². The van der Waals surface area contributed by atoms with Gasteiger partial charge in [0.25, 0.3) is 5.91 Å². The molecule has 0 saturated carbocycles. The van der Waals surface area contributed by atoms with E-state index >= 15 is 0 Å². The summed E-state index contributed by atoms with van der Waals surface area (Å²) in [5, 5.41) is 11.7. The number of benzene rings is 1. The van der Waals surface area contributed by atoms with Gasteiger partial charge in [-0.3, -0.25) is 10.1 Å². The number of nitriles is 1. The van der Waals surface area contributed by atoms with Gasteiger partial charge in [-0.05, 0) is 51.0 Å². The molecule has 0 aliphatic rings. The number of carbonyl (C=O) groups excluding carboxylic acids is 1. The first kappa shape index (κ1) is 15.6. The zero-order valence-corrected chi connectivity index (χ0v) is 13.1. The van der Waals surface area contributed by atoms with Crippen LogP contribution in [0.5, 0.6) is 5.75 Å². The minimum absolute atomic E-state index is 0.147. The maximum atomic E-state index is 11.9. The number of amides is 1. The molecule has 0 aliphatic carbocycles. The third kappa shape index (κ3) is 3.29. The van der Waals surface area contributed by atoms with Crippen molar-refractivity contribution in [2.75, 3.05) is 11.9 Å². The number of rotatable bonds is 4. The smallest absolute Gasteiger partial charge is 0.264 e. The Morgan fingerprint density at radius 2 is 2.00 bits per heavy atom. The Hall–Kier alpha value is -2.74. The molecule has 0 saturated heterocycles. The van der Waals surface area contributed by atoms with E-state index in [0.717, 1.165) is 16.7 Å². The minimum Gasteiger partial charge on any atom is -0.484 e. The van der Waals surface area contributed by atoms with E-state index in [9.17, 15) is 4.79 Å². The van der Waals surface area contributed by atoms with Gasteiger partial charge in [-0.25, -0.2) is 0 Å². The molecular formula is C17H18N2O3. The van der Waals surface area contributed by atoms with Crippen LogP contribution in [-0.4, -0.2) is 12.5 Å². The van der Waals surface area contributed by atoms with Crippen LogP contribution in [-0.2, 0) is 4.79 Å². The van der Waals surface area contributed by atoms with Gasteiger partial charge >= 0.3 is 0 Å². The summed E-state index contributed by atoms with van der Waals surface area (Å²) in [5.41, 5.74) is 3.34. The summed E-state index contributed by atoms with van der Waals surface area (Å²) in [7, 11) is 0. The van der Waals surface area contributed by atoms with Gasteiger partial charge in [0.2, 0.25) is 5.88 Å². The number of hydrogen-bond acceptors (Lipinski definition) is 4. The molecule has 1 heterocycles. The highest BCUT2D eigenvalue weighted by atomic mass is 16.5. The van der Waals surface area contributed by atoms with Crippen LogP contribution >= 0.6 is 0 Å². The summed E-state index contributed by atoms with van der Waals surface area (Å²) in [6, 6.07) is 7.66. The number of aryl methyl sites for hydroxylation is 3. The van der Waals surface area contributed by atoms with E-state index in [1.165, 1.54) is 0 Å². The summed E-state index contributed by atoms with van der Waals surface area (Å²) in [6.07, 6.45) is 0. The molecule has 0 fully saturated rings. The molecule has 5 nitrogen and oxygen atoms in total. The van der Waals surface area contributed by atoms with Gasteiger partial charge in [0.15, 0.2) is 6.61 Å². The molecule has 0 bridgehead atoms. The highest BCUT2D eigenvalue weighted by molar-refractivity contribution is 5.92. The minimum atomic E-state index is -0.372. The van der Waals surface area contributed by atoms with Crippen molar-refractivity contribution in [2.24, 2.45) is 0 Å². The maximum absolute atomic E-state index is 11.9. The highest BCUT2D eigenvalue weighted by Crippen LogP contribution is 2.25. The molecule has 1 amide bonds. The van der Waals surface area contributed by atoms with Gasteiger partial charge < -0.3 is 9.15 Å². The van der Waals surface area contributed by atoms with Crippen molar-refractivity contribution in [1.82, 2.24) is 0 Å². The second kappa shape index (κ2) is 6.35. The van der Waals surface area contributed by atoms with Crippen LogP contribution in [0.1, 0.15) is 28.0 Å². The number of nitrogens with one attached hydrogen (secondary N) is 1. The monoisotopic (exact) mass is 298 g/mol. The van der Waals surface area contributed by atoms with E-state index in [2.05, 4.69) is 5.32 Å². The number of hydrogen-bond donors (Lipinski definition) is 1. The third-order valence-corrected chi connectivity index (χ3v) is 3.60. The van der Waals surface area contributed by atoms with Crippen LogP contribution in [0.2, 0.25) is 0 Å². The summed E-state index contributed by atoms with van der Waals surface area (Å²) < 4.78 is 10.8. The zero-order chi connectivity index (χ0) is 16.3. The number of furan rings is 1. The Morgan fingerprint density at radius 1 is 1.27 bits per heavy atom. The molecule has 5 heteroatoms. The van der Waals surface area contributed by atoms with Crippen molar-refractivity contribution in [2.45, 2.75) is 27.7 Å². The molecule has 2 aromatic rings. The summed E-state index contributed by atoms with van der Waals surface area (Å²) in [5.74, 6) is 1.04. The highest BCUT2D eigenvalue weighted by Gasteiger charge is 2.16. The van der Waals surface area contributed by atoms with Crippen molar-refractivity contribution in [3.05, 3.63) is 46.2 Å². The molecule has 0 atom stereocenters. The number of carbonyl (C=O) groups is 1. The molecule has 0 spiro atoms. The molecule has 114 valence electrons. The second-order valence-electron chi connectivity index (χ2n) is 5.18. The van der Waals surface area contributed by atoms with E-state index in [1.807, 2.05) is 38.1 Å². The molecule has 1 aromatic heterocycles. The van der Waals surface area contributed by atoms with Gasteiger partial charge in [0.1, 0.15) is 23.1 Å². The molecule has 0 aliphatic heterocycles. The number of ether oxygens (including phenoxy) is 1. The molecule has 0 radical (unpaired) electrons. The Balaban J connectivity index is 2.00. The van der Waals surface area contributed by atoms with E-state index in [4.69, 9.17) is 14.4 Å². The van der Waals surface area contributed by atoms with Crippen LogP contribution in [0.4, 0.5) is 5.88 Å². The van der Waals surface area contributed by atoms with Crippen molar-refractivity contribution in [3.63, 3.8) is 0 Å². The SMILES string of the molecule is Cc1ccc(OCC(=O)Nc2oc(C)c(C)c2C#N)cc1C. The van der Waals surface area contributed by atoms with Crippen LogP contribution < -0.4 is 10.1 Å². The number of nitrogens with zero attached hydrogens (tertiary/aromatic N) is 1. The lowest BCUT2D eigenvalue weighted by atomic mass is 10.1. The third-order valence-electron chi connectivity index (χ3n) is 3.60. The predicted molar refractivity (Wildman–Crippen MR) is 82.9 cm³/mol. The molecule has 1 N–H and O–H groups in total. The fraction of sp³-hybridized carbons (Fsp3) is 0.294. The average Bonchev–Trinajstić information content (AvgIpc) is 2.74. The largest absolute Gasteiger partial charge is 0.484 e. The molecule has 0 unspecified atom stereocenters. The van der Waals surface area contributed by atoms with Crippen molar-refractivity contribution >= 4 is 11.8 Å². The Bertz CT molecular complexity index is 754. The Labute approximate surface area is 129 Å². The van der Waals surface area contributed by atoms with Crippen molar-refractivity contribution in [3.8, 4) is 11.8 Å². The predicted octanol–water partition coefficient (Wildman–Crippen LogP) is 3.40.